The van der Waals surface area contributed by atoms with Gasteiger partial charge in [0.15, 0.2) is 17.0 Å². The molecule has 2 aromatic heterocycles. The fourth-order valence-electron chi connectivity index (χ4n) is 1.06. The number of rotatable bonds is 1. The van der Waals surface area contributed by atoms with Gasteiger partial charge in [-0.25, -0.2) is 9.97 Å². The third kappa shape index (κ3) is 1.22. The number of nitrogens with two attached hydrogens (primary N) is 2. The highest BCUT2D eigenvalue weighted by Crippen LogP contribution is 2.14. The Morgan fingerprint density at radius 2 is 2.00 bits per heavy atom. The molecule has 2 aromatic rings. The van der Waals surface area contributed by atoms with Gasteiger partial charge in [-0.1, -0.05) is 6.58 Å². The van der Waals surface area contributed by atoms with Crippen molar-refractivity contribution in [3.63, 3.8) is 0 Å². The van der Waals surface area contributed by atoms with Crippen LogP contribution in [0.15, 0.2) is 12.8 Å². The van der Waals surface area contributed by atoms with Crippen LogP contribution in [-0.4, -0.2) is 19.9 Å². The molecule has 0 aromatic carbocycles. The van der Waals surface area contributed by atoms with Gasteiger partial charge in [-0.2, -0.15) is 9.97 Å². The minimum absolute atomic E-state index is 0.0932. The lowest BCUT2D eigenvalue weighted by atomic mass is 10.4. The zero-order valence-corrected chi connectivity index (χ0v) is 7.31. The molecular formula is C8H8N6. The van der Waals surface area contributed by atoms with Crippen molar-refractivity contribution in [3.8, 4) is 0 Å². The molecule has 0 aliphatic rings. The summed E-state index contributed by atoms with van der Waals surface area (Å²) in [6.45, 7) is 3.58. The summed E-state index contributed by atoms with van der Waals surface area (Å²) < 4.78 is 0. The van der Waals surface area contributed by atoms with Gasteiger partial charge in [-0.3, -0.25) is 0 Å². The van der Waals surface area contributed by atoms with E-state index in [-0.39, 0.29) is 11.8 Å². The zero-order chi connectivity index (χ0) is 10.1. The molecule has 0 fully saturated rings. The molecule has 70 valence electrons. The van der Waals surface area contributed by atoms with Gasteiger partial charge >= 0.3 is 0 Å². The van der Waals surface area contributed by atoms with Crippen molar-refractivity contribution in [2.75, 3.05) is 11.5 Å². The summed E-state index contributed by atoms with van der Waals surface area (Å²) in [5, 5.41) is 0. The first kappa shape index (κ1) is 8.36. The number of anilines is 2. The predicted octanol–water partition coefficient (Wildman–Crippen LogP) is 0.227. The fourth-order valence-corrected chi connectivity index (χ4v) is 1.06. The van der Waals surface area contributed by atoms with E-state index in [0.717, 1.165) is 0 Å². The van der Waals surface area contributed by atoms with E-state index < -0.39 is 0 Å². The topological polar surface area (TPSA) is 104 Å². The molecule has 0 spiro atoms. The van der Waals surface area contributed by atoms with Crippen LogP contribution < -0.4 is 11.5 Å². The van der Waals surface area contributed by atoms with Gasteiger partial charge in [0, 0.05) is 0 Å². The Morgan fingerprint density at radius 1 is 1.21 bits per heavy atom. The first-order chi connectivity index (χ1) is 6.70. The second-order valence-corrected chi connectivity index (χ2v) is 2.64. The molecule has 2 rings (SSSR count). The quantitative estimate of drug-likeness (QED) is 0.663. The number of hydrogen-bond acceptors (Lipinski definition) is 6. The van der Waals surface area contributed by atoms with E-state index in [1.54, 1.807) is 12.3 Å². The highest BCUT2D eigenvalue weighted by molar-refractivity contribution is 5.82. The molecule has 6 heteroatoms. The van der Waals surface area contributed by atoms with Crippen LogP contribution >= 0.6 is 0 Å². The van der Waals surface area contributed by atoms with Crippen molar-refractivity contribution in [3.05, 3.63) is 18.5 Å². The van der Waals surface area contributed by atoms with E-state index in [4.69, 9.17) is 11.5 Å². The molecule has 0 saturated carbocycles. The predicted molar refractivity (Wildman–Crippen MR) is 54.0 cm³/mol. The van der Waals surface area contributed by atoms with Gasteiger partial charge in [0.05, 0.1) is 11.9 Å². The third-order valence-electron chi connectivity index (χ3n) is 1.68. The smallest absolute Gasteiger partial charge is 0.224 e. The van der Waals surface area contributed by atoms with Crippen molar-refractivity contribution in [2.45, 2.75) is 0 Å². The molecule has 0 atom stereocenters. The van der Waals surface area contributed by atoms with Crippen molar-refractivity contribution < 1.29 is 0 Å². The van der Waals surface area contributed by atoms with E-state index in [9.17, 15) is 0 Å². The van der Waals surface area contributed by atoms with Crippen molar-refractivity contribution >= 4 is 29.0 Å². The van der Waals surface area contributed by atoms with Gasteiger partial charge in [0.1, 0.15) is 0 Å². The molecule has 14 heavy (non-hydrogen) atoms. The highest BCUT2D eigenvalue weighted by atomic mass is 15.1. The number of fused-ring (bicyclic) bond motifs is 1. The second kappa shape index (κ2) is 2.91. The summed E-state index contributed by atoms with van der Waals surface area (Å²) >= 11 is 0. The van der Waals surface area contributed by atoms with Gasteiger partial charge < -0.3 is 11.5 Å². The Kier molecular flexibility index (Phi) is 1.74. The summed E-state index contributed by atoms with van der Waals surface area (Å²) in [6.07, 6.45) is 3.11. The lowest BCUT2D eigenvalue weighted by Crippen LogP contribution is -2.03. The average Bonchev–Trinajstić information content (AvgIpc) is 2.17. The molecule has 6 nitrogen and oxygen atoms in total. The normalized spacial score (nSPS) is 10.3. The van der Waals surface area contributed by atoms with Crippen LogP contribution in [0.3, 0.4) is 0 Å². The molecule has 2 heterocycles. The van der Waals surface area contributed by atoms with Crippen LogP contribution in [0, 0.1) is 0 Å². The maximum Gasteiger partial charge on any atom is 0.224 e. The fraction of sp³-hybridized carbons (Fsp3) is 0. The Hall–Kier alpha value is -2.24. The molecule has 0 bridgehead atoms. The second-order valence-electron chi connectivity index (χ2n) is 2.64. The van der Waals surface area contributed by atoms with Crippen LogP contribution in [0.4, 0.5) is 11.8 Å². The molecule has 0 saturated heterocycles. The SMILES string of the molecule is C=Cc1cnc2nc(N)nc(N)c2n1. The Bertz CT molecular complexity index is 506. The minimum Gasteiger partial charge on any atom is -0.382 e. The first-order valence-corrected chi connectivity index (χ1v) is 3.89. The van der Waals surface area contributed by atoms with E-state index in [2.05, 4.69) is 26.5 Å². The summed E-state index contributed by atoms with van der Waals surface area (Å²) in [7, 11) is 0. The van der Waals surface area contributed by atoms with Gasteiger partial charge in [-0.15, -0.1) is 0 Å². The molecule has 4 N–H and O–H groups in total. The Morgan fingerprint density at radius 3 is 2.71 bits per heavy atom. The molecule has 0 aliphatic heterocycles. The average molecular weight is 188 g/mol. The lowest BCUT2D eigenvalue weighted by Gasteiger charge is -2.00. The zero-order valence-electron chi connectivity index (χ0n) is 7.31. The largest absolute Gasteiger partial charge is 0.382 e. The van der Waals surface area contributed by atoms with Crippen LogP contribution in [0.25, 0.3) is 17.2 Å². The highest BCUT2D eigenvalue weighted by Gasteiger charge is 2.05. The van der Waals surface area contributed by atoms with Crippen LogP contribution in [0.1, 0.15) is 5.69 Å². The monoisotopic (exact) mass is 188 g/mol. The maximum atomic E-state index is 5.61. The number of hydrogen-bond donors (Lipinski definition) is 2. The molecular weight excluding hydrogens is 180 g/mol. The summed E-state index contributed by atoms with van der Waals surface area (Å²) in [6, 6.07) is 0. The van der Waals surface area contributed by atoms with Crippen LogP contribution in [-0.2, 0) is 0 Å². The summed E-state index contributed by atoms with van der Waals surface area (Å²) in [5.41, 5.74) is 12.5. The van der Waals surface area contributed by atoms with Crippen molar-refractivity contribution in [1.29, 1.82) is 0 Å². The number of nitrogens with zero attached hydrogens (tertiary/aromatic N) is 4. The van der Waals surface area contributed by atoms with Gasteiger partial charge in [0.2, 0.25) is 5.95 Å². The minimum atomic E-state index is 0.0932. The standard InChI is InChI=1S/C8H8N6/c1-2-4-3-11-7-5(12-4)6(9)13-8(10)14-7/h2-3H,1H2,(H4,9,10,11,13,14). The molecule has 0 aliphatic carbocycles. The van der Waals surface area contributed by atoms with Crippen molar-refractivity contribution in [2.24, 2.45) is 0 Å². The Labute approximate surface area is 79.7 Å². The van der Waals surface area contributed by atoms with Crippen molar-refractivity contribution in [1.82, 2.24) is 19.9 Å². The third-order valence-corrected chi connectivity index (χ3v) is 1.68. The summed E-state index contributed by atoms with van der Waals surface area (Å²) in [4.78, 5) is 15.9. The van der Waals surface area contributed by atoms with Crippen LogP contribution in [0.2, 0.25) is 0 Å². The van der Waals surface area contributed by atoms with Gasteiger partial charge in [0.25, 0.3) is 0 Å². The summed E-state index contributed by atoms with van der Waals surface area (Å²) in [5.74, 6) is 0.319. The van der Waals surface area contributed by atoms with E-state index in [1.807, 2.05) is 0 Å². The van der Waals surface area contributed by atoms with Gasteiger partial charge in [-0.05, 0) is 6.08 Å². The maximum absolute atomic E-state index is 5.61. The van der Waals surface area contributed by atoms with E-state index in [1.165, 1.54) is 0 Å². The first-order valence-electron chi connectivity index (χ1n) is 3.89. The van der Waals surface area contributed by atoms with E-state index in [0.29, 0.717) is 16.9 Å². The van der Waals surface area contributed by atoms with Crippen LogP contribution in [0.5, 0.6) is 0 Å². The Balaban J connectivity index is 2.81. The number of nitrogen functional groups attached to an aromatic ring is 2. The lowest BCUT2D eigenvalue weighted by molar-refractivity contribution is 1.16. The number of aromatic nitrogens is 4. The molecule has 0 amide bonds. The molecule has 0 radical (unpaired) electrons. The molecule has 0 unspecified atom stereocenters. The van der Waals surface area contributed by atoms with E-state index >= 15 is 0 Å².